The van der Waals surface area contributed by atoms with Crippen molar-refractivity contribution in [3.05, 3.63) is 46.6 Å². The smallest absolute Gasteiger partial charge is 0.325 e. The molecule has 1 atom stereocenters. The van der Waals surface area contributed by atoms with E-state index in [0.717, 1.165) is 34.4 Å². The van der Waals surface area contributed by atoms with Crippen LogP contribution in [-0.4, -0.2) is 27.0 Å². The van der Waals surface area contributed by atoms with E-state index in [9.17, 15) is 9.59 Å². The van der Waals surface area contributed by atoms with Crippen molar-refractivity contribution in [3.63, 3.8) is 0 Å². The summed E-state index contributed by atoms with van der Waals surface area (Å²) < 4.78 is 5.20. The summed E-state index contributed by atoms with van der Waals surface area (Å²) in [6.45, 7) is 5.74. The molecule has 130 valence electrons. The summed E-state index contributed by atoms with van der Waals surface area (Å²) in [5.41, 5.74) is 1.90. The van der Waals surface area contributed by atoms with Crippen molar-refractivity contribution in [3.8, 4) is 0 Å². The number of aryl methyl sites for hydroxylation is 2. The van der Waals surface area contributed by atoms with Gasteiger partial charge in [-0.25, -0.2) is 4.79 Å². The van der Waals surface area contributed by atoms with Crippen molar-refractivity contribution in [2.45, 2.75) is 51.6 Å². The second-order valence-corrected chi connectivity index (χ2v) is 7.07. The maximum absolute atomic E-state index is 12.9. The van der Waals surface area contributed by atoms with E-state index in [2.05, 4.69) is 15.5 Å². The number of carbonyl (C=O) groups is 2. The van der Waals surface area contributed by atoms with Crippen LogP contribution in [0, 0.1) is 13.8 Å². The molecule has 2 aromatic rings. The van der Waals surface area contributed by atoms with Gasteiger partial charge in [0, 0.05) is 5.92 Å². The van der Waals surface area contributed by atoms with Crippen molar-refractivity contribution in [2.24, 2.45) is 0 Å². The minimum Gasteiger partial charge on any atom is -0.339 e. The predicted octanol–water partition coefficient (Wildman–Crippen LogP) is 2.53. The summed E-state index contributed by atoms with van der Waals surface area (Å²) in [4.78, 5) is 30.8. The molecule has 1 aliphatic heterocycles. The number of carbonyl (C=O) groups excluding carboxylic acids is 2. The normalized spacial score (nSPS) is 23.2. The molecule has 7 nitrogen and oxygen atoms in total. The van der Waals surface area contributed by atoms with Crippen LogP contribution in [0.3, 0.4) is 0 Å². The topological polar surface area (TPSA) is 88.3 Å². The summed E-state index contributed by atoms with van der Waals surface area (Å²) in [5, 5.41) is 6.70. The number of aromatic nitrogens is 2. The third-order valence-corrected chi connectivity index (χ3v) is 5.07. The number of amides is 3. The SMILES string of the molecule is Cc1ccc([C@@]2(C)NC(=O)N(Cc3noc(C4CC4)n3)C2=O)cc1C. The largest absolute Gasteiger partial charge is 0.339 e. The number of nitrogens with zero attached hydrogens (tertiary/aromatic N) is 3. The highest BCUT2D eigenvalue weighted by Gasteiger charge is 2.49. The quantitative estimate of drug-likeness (QED) is 0.864. The Morgan fingerprint density at radius 2 is 2.04 bits per heavy atom. The van der Waals surface area contributed by atoms with Gasteiger partial charge in [0.05, 0.1) is 6.54 Å². The Balaban J connectivity index is 1.58. The highest BCUT2D eigenvalue weighted by molar-refractivity contribution is 6.07. The Labute approximate surface area is 145 Å². The van der Waals surface area contributed by atoms with Crippen LogP contribution in [0.15, 0.2) is 22.7 Å². The fourth-order valence-electron chi connectivity index (χ4n) is 3.06. The molecule has 1 saturated carbocycles. The molecule has 0 bridgehead atoms. The monoisotopic (exact) mass is 340 g/mol. The van der Waals surface area contributed by atoms with E-state index in [0.29, 0.717) is 17.6 Å². The Bertz CT molecular complexity index is 871. The highest BCUT2D eigenvalue weighted by atomic mass is 16.5. The highest BCUT2D eigenvalue weighted by Crippen LogP contribution is 2.39. The van der Waals surface area contributed by atoms with E-state index in [4.69, 9.17) is 4.52 Å². The number of nitrogens with one attached hydrogen (secondary N) is 1. The first-order valence-electron chi connectivity index (χ1n) is 8.43. The first-order valence-corrected chi connectivity index (χ1v) is 8.43. The number of hydrogen-bond acceptors (Lipinski definition) is 5. The third kappa shape index (κ3) is 2.59. The molecule has 1 aliphatic carbocycles. The number of rotatable bonds is 4. The standard InChI is InChI=1S/C18H20N4O3/c1-10-4-7-13(8-11(10)2)18(3)16(23)22(17(24)20-18)9-14-19-15(25-21-14)12-5-6-12/h4,7-8,12H,5-6,9H2,1-3H3,(H,20,24)/t18-/m1/s1. The number of imide groups is 1. The lowest BCUT2D eigenvalue weighted by molar-refractivity contribution is -0.131. The molecule has 2 fully saturated rings. The Morgan fingerprint density at radius 1 is 1.28 bits per heavy atom. The molecule has 3 amide bonds. The average Bonchev–Trinajstić information content (AvgIpc) is 3.28. The van der Waals surface area contributed by atoms with Gasteiger partial charge in [0.1, 0.15) is 5.54 Å². The van der Waals surface area contributed by atoms with Crippen LogP contribution in [0.4, 0.5) is 4.79 Å². The minimum absolute atomic E-state index is 0.0152. The van der Waals surface area contributed by atoms with Gasteiger partial charge < -0.3 is 9.84 Å². The zero-order chi connectivity index (χ0) is 17.8. The van der Waals surface area contributed by atoms with Crippen molar-refractivity contribution in [1.29, 1.82) is 0 Å². The Morgan fingerprint density at radius 3 is 2.72 bits per heavy atom. The van der Waals surface area contributed by atoms with Gasteiger partial charge in [-0.3, -0.25) is 9.69 Å². The minimum atomic E-state index is -1.08. The van der Waals surface area contributed by atoms with Crippen molar-refractivity contribution in [2.75, 3.05) is 0 Å². The fourth-order valence-corrected chi connectivity index (χ4v) is 3.06. The predicted molar refractivity (Wildman–Crippen MR) is 88.6 cm³/mol. The first-order chi connectivity index (χ1) is 11.9. The van der Waals surface area contributed by atoms with E-state index in [1.807, 2.05) is 32.0 Å². The molecule has 1 aromatic heterocycles. The molecule has 7 heteroatoms. The molecular formula is C18H20N4O3. The average molecular weight is 340 g/mol. The van der Waals surface area contributed by atoms with Gasteiger partial charge in [-0.2, -0.15) is 4.98 Å². The molecular weight excluding hydrogens is 320 g/mol. The molecule has 1 saturated heterocycles. The lowest BCUT2D eigenvalue weighted by Crippen LogP contribution is -2.41. The van der Waals surface area contributed by atoms with Crippen molar-refractivity contribution >= 4 is 11.9 Å². The number of hydrogen-bond donors (Lipinski definition) is 1. The lowest BCUT2D eigenvalue weighted by atomic mass is 9.90. The van der Waals surface area contributed by atoms with Crippen LogP contribution in [-0.2, 0) is 16.9 Å². The Hall–Kier alpha value is -2.70. The van der Waals surface area contributed by atoms with Gasteiger partial charge in [-0.1, -0.05) is 23.4 Å². The second kappa shape index (κ2) is 5.40. The second-order valence-electron chi connectivity index (χ2n) is 7.07. The molecule has 4 rings (SSSR count). The summed E-state index contributed by atoms with van der Waals surface area (Å²) in [6.07, 6.45) is 2.10. The molecule has 0 spiro atoms. The summed E-state index contributed by atoms with van der Waals surface area (Å²) in [5.74, 6) is 0.984. The fraction of sp³-hybridized carbons (Fsp3) is 0.444. The summed E-state index contributed by atoms with van der Waals surface area (Å²) in [6, 6.07) is 5.34. The van der Waals surface area contributed by atoms with Gasteiger partial charge in [-0.05, 0) is 50.3 Å². The van der Waals surface area contributed by atoms with Crippen LogP contribution >= 0.6 is 0 Å². The van der Waals surface area contributed by atoms with Gasteiger partial charge in [0.25, 0.3) is 5.91 Å². The molecule has 1 aromatic carbocycles. The first kappa shape index (κ1) is 15.8. The van der Waals surface area contributed by atoms with E-state index in [-0.39, 0.29) is 12.5 Å². The molecule has 2 heterocycles. The maximum atomic E-state index is 12.9. The molecule has 0 radical (unpaired) electrons. The molecule has 0 unspecified atom stereocenters. The number of benzene rings is 1. The zero-order valence-corrected chi connectivity index (χ0v) is 14.5. The van der Waals surface area contributed by atoms with Crippen LogP contribution in [0.2, 0.25) is 0 Å². The van der Waals surface area contributed by atoms with Gasteiger partial charge >= 0.3 is 6.03 Å². The summed E-state index contributed by atoms with van der Waals surface area (Å²) in [7, 11) is 0. The summed E-state index contributed by atoms with van der Waals surface area (Å²) >= 11 is 0. The van der Waals surface area contributed by atoms with Gasteiger partial charge in [0.2, 0.25) is 5.89 Å². The molecule has 1 N–H and O–H groups in total. The third-order valence-electron chi connectivity index (χ3n) is 5.07. The van der Waals surface area contributed by atoms with E-state index in [1.54, 1.807) is 6.92 Å². The van der Waals surface area contributed by atoms with Crippen LogP contribution in [0.25, 0.3) is 0 Å². The van der Waals surface area contributed by atoms with Crippen molar-refractivity contribution < 1.29 is 14.1 Å². The van der Waals surface area contributed by atoms with E-state index in [1.165, 1.54) is 0 Å². The van der Waals surface area contributed by atoms with E-state index < -0.39 is 11.6 Å². The molecule has 2 aliphatic rings. The lowest BCUT2D eigenvalue weighted by Gasteiger charge is -2.23. The Kier molecular flexibility index (Phi) is 3.42. The van der Waals surface area contributed by atoms with Gasteiger partial charge in [0.15, 0.2) is 5.82 Å². The van der Waals surface area contributed by atoms with E-state index >= 15 is 0 Å². The zero-order valence-electron chi connectivity index (χ0n) is 14.5. The van der Waals surface area contributed by atoms with Crippen molar-refractivity contribution in [1.82, 2.24) is 20.4 Å². The van der Waals surface area contributed by atoms with Gasteiger partial charge in [-0.15, -0.1) is 0 Å². The number of urea groups is 1. The van der Waals surface area contributed by atoms with Crippen LogP contribution in [0.1, 0.15) is 54.1 Å². The maximum Gasteiger partial charge on any atom is 0.325 e. The molecule has 25 heavy (non-hydrogen) atoms. The van der Waals surface area contributed by atoms with Crippen LogP contribution < -0.4 is 5.32 Å². The van der Waals surface area contributed by atoms with Crippen LogP contribution in [0.5, 0.6) is 0 Å².